The van der Waals surface area contributed by atoms with Crippen LogP contribution in [0.3, 0.4) is 0 Å². The minimum atomic E-state index is 0.0924. The van der Waals surface area contributed by atoms with Gasteiger partial charge in [0.2, 0.25) is 6.41 Å². The Kier molecular flexibility index (Phi) is 3.77. The molecule has 3 heteroatoms. The zero-order valence-corrected chi connectivity index (χ0v) is 8.21. The number of amides is 1. The molecule has 1 atom stereocenters. The molecule has 0 bridgehead atoms. The Morgan fingerprint density at radius 1 is 1.46 bits per heavy atom. The standard InChI is InChI=1S/C10H12ClNO/c1-2-10(12-7-13)8-3-5-9(11)6-4-8/h3-7,10H,2H2,1H3,(H,12,13)/t10-/m1/s1. The Hall–Kier alpha value is -1.02. The molecule has 0 unspecified atom stereocenters. The topological polar surface area (TPSA) is 29.1 Å². The number of nitrogens with one attached hydrogen (secondary N) is 1. The molecule has 0 saturated heterocycles. The van der Waals surface area contributed by atoms with Crippen LogP contribution in [0.2, 0.25) is 5.02 Å². The first-order valence-corrected chi connectivity index (χ1v) is 4.61. The van der Waals surface area contributed by atoms with Crippen molar-refractivity contribution < 1.29 is 4.79 Å². The molecule has 0 aliphatic carbocycles. The lowest BCUT2D eigenvalue weighted by molar-refractivity contribution is -0.110. The van der Waals surface area contributed by atoms with Gasteiger partial charge in [0.15, 0.2) is 0 Å². The van der Waals surface area contributed by atoms with Crippen LogP contribution in [0.25, 0.3) is 0 Å². The molecule has 0 aliphatic rings. The summed E-state index contributed by atoms with van der Waals surface area (Å²) in [6.45, 7) is 2.02. The summed E-state index contributed by atoms with van der Waals surface area (Å²) in [5.74, 6) is 0. The average Bonchev–Trinajstić information content (AvgIpc) is 2.16. The fourth-order valence-electron chi connectivity index (χ4n) is 1.23. The third kappa shape index (κ3) is 2.74. The van der Waals surface area contributed by atoms with Crippen LogP contribution in [0.4, 0.5) is 0 Å². The van der Waals surface area contributed by atoms with E-state index in [1.54, 1.807) is 0 Å². The van der Waals surface area contributed by atoms with E-state index in [2.05, 4.69) is 5.32 Å². The maximum atomic E-state index is 10.3. The molecule has 13 heavy (non-hydrogen) atoms. The summed E-state index contributed by atoms with van der Waals surface area (Å²) in [5, 5.41) is 3.46. The molecular weight excluding hydrogens is 186 g/mol. The molecule has 0 aromatic heterocycles. The van der Waals surface area contributed by atoms with Gasteiger partial charge in [0.05, 0.1) is 6.04 Å². The molecule has 70 valence electrons. The molecule has 1 aromatic carbocycles. The van der Waals surface area contributed by atoms with Crippen LogP contribution in [0, 0.1) is 0 Å². The summed E-state index contributed by atoms with van der Waals surface area (Å²) in [4.78, 5) is 10.3. The van der Waals surface area contributed by atoms with E-state index in [4.69, 9.17) is 11.6 Å². The molecule has 2 nitrogen and oxygen atoms in total. The lowest BCUT2D eigenvalue weighted by Crippen LogP contribution is -2.18. The second-order valence-electron chi connectivity index (χ2n) is 2.80. The van der Waals surface area contributed by atoms with E-state index in [1.165, 1.54) is 0 Å². The minimum Gasteiger partial charge on any atom is -0.352 e. The highest BCUT2D eigenvalue weighted by Gasteiger charge is 2.06. The normalized spacial score (nSPS) is 12.2. The van der Waals surface area contributed by atoms with Gasteiger partial charge in [-0.3, -0.25) is 4.79 Å². The minimum absolute atomic E-state index is 0.0924. The van der Waals surface area contributed by atoms with Crippen molar-refractivity contribution in [3.8, 4) is 0 Å². The van der Waals surface area contributed by atoms with Crippen molar-refractivity contribution >= 4 is 18.0 Å². The Morgan fingerprint density at radius 2 is 2.08 bits per heavy atom. The number of benzene rings is 1. The molecule has 0 saturated carbocycles. The number of halogens is 1. The van der Waals surface area contributed by atoms with Gasteiger partial charge < -0.3 is 5.32 Å². The van der Waals surface area contributed by atoms with E-state index >= 15 is 0 Å². The van der Waals surface area contributed by atoms with Gasteiger partial charge >= 0.3 is 0 Å². The van der Waals surface area contributed by atoms with Crippen molar-refractivity contribution in [2.24, 2.45) is 0 Å². The molecule has 1 amide bonds. The summed E-state index contributed by atoms with van der Waals surface area (Å²) in [6.07, 6.45) is 1.60. The van der Waals surface area contributed by atoms with Crippen molar-refractivity contribution in [3.05, 3.63) is 34.9 Å². The van der Waals surface area contributed by atoms with Crippen molar-refractivity contribution in [2.45, 2.75) is 19.4 Å². The Balaban J connectivity index is 2.78. The Morgan fingerprint density at radius 3 is 2.54 bits per heavy atom. The third-order valence-corrected chi connectivity index (χ3v) is 2.20. The fourth-order valence-corrected chi connectivity index (χ4v) is 1.35. The van der Waals surface area contributed by atoms with E-state index in [0.29, 0.717) is 5.02 Å². The smallest absolute Gasteiger partial charge is 0.207 e. The molecule has 0 aliphatic heterocycles. The number of carbonyl (C=O) groups excluding carboxylic acids is 1. The second kappa shape index (κ2) is 4.87. The maximum Gasteiger partial charge on any atom is 0.207 e. The van der Waals surface area contributed by atoms with Crippen molar-refractivity contribution in [1.29, 1.82) is 0 Å². The molecule has 0 spiro atoms. The quantitative estimate of drug-likeness (QED) is 0.739. The molecule has 1 aromatic rings. The molecule has 1 rings (SSSR count). The van der Waals surface area contributed by atoms with Crippen LogP contribution in [-0.4, -0.2) is 6.41 Å². The van der Waals surface area contributed by atoms with Crippen LogP contribution in [0.15, 0.2) is 24.3 Å². The summed E-state index contributed by atoms with van der Waals surface area (Å²) >= 11 is 5.75. The van der Waals surface area contributed by atoms with Crippen molar-refractivity contribution in [2.75, 3.05) is 0 Å². The third-order valence-electron chi connectivity index (χ3n) is 1.95. The first-order chi connectivity index (χ1) is 6.27. The number of hydrogen-bond donors (Lipinski definition) is 1. The Bertz CT molecular complexity index is 271. The lowest BCUT2D eigenvalue weighted by Gasteiger charge is -2.13. The zero-order valence-electron chi connectivity index (χ0n) is 7.46. The summed E-state index contributed by atoms with van der Waals surface area (Å²) < 4.78 is 0. The molecule has 1 N–H and O–H groups in total. The van der Waals surface area contributed by atoms with Crippen molar-refractivity contribution in [1.82, 2.24) is 5.32 Å². The van der Waals surface area contributed by atoms with Gasteiger partial charge in [-0.05, 0) is 24.1 Å². The summed E-state index contributed by atoms with van der Waals surface area (Å²) in [7, 11) is 0. The van der Waals surface area contributed by atoms with E-state index in [9.17, 15) is 4.79 Å². The van der Waals surface area contributed by atoms with E-state index in [1.807, 2.05) is 31.2 Å². The number of rotatable bonds is 4. The monoisotopic (exact) mass is 197 g/mol. The second-order valence-corrected chi connectivity index (χ2v) is 3.23. The van der Waals surface area contributed by atoms with Gasteiger partial charge in [0, 0.05) is 5.02 Å². The number of hydrogen-bond acceptors (Lipinski definition) is 1. The van der Waals surface area contributed by atoms with Crippen LogP contribution in [0.1, 0.15) is 24.9 Å². The van der Waals surface area contributed by atoms with Crippen LogP contribution < -0.4 is 5.32 Å². The zero-order chi connectivity index (χ0) is 9.68. The van der Waals surface area contributed by atoms with Gasteiger partial charge in [-0.15, -0.1) is 0 Å². The molecular formula is C10H12ClNO. The molecule has 0 radical (unpaired) electrons. The maximum absolute atomic E-state index is 10.3. The van der Waals surface area contributed by atoms with Gasteiger partial charge in [0.25, 0.3) is 0 Å². The summed E-state index contributed by atoms with van der Waals surface area (Å²) in [6, 6.07) is 7.59. The highest BCUT2D eigenvalue weighted by atomic mass is 35.5. The van der Waals surface area contributed by atoms with E-state index in [0.717, 1.165) is 18.4 Å². The van der Waals surface area contributed by atoms with Gasteiger partial charge in [-0.2, -0.15) is 0 Å². The molecule has 0 fully saturated rings. The van der Waals surface area contributed by atoms with Crippen LogP contribution >= 0.6 is 11.6 Å². The Labute approximate surface area is 82.9 Å². The highest BCUT2D eigenvalue weighted by Crippen LogP contribution is 2.18. The van der Waals surface area contributed by atoms with E-state index in [-0.39, 0.29) is 6.04 Å². The van der Waals surface area contributed by atoms with Gasteiger partial charge in [-0.25, -0.2) is 0 Å². The number of carbonyl (C=O) groups is 1. The lowest BCUT2D eigenvalue weighted by atomic mass is 10.1. The van der Waals surface area contributed by atoms with Crippen LogP contribution in [0.5, 0.6) is 0 Å². The largest absolute Gasteiger partial charge is 0.352 e. The first kappa shape index (κ1) is 10.1. The highest BCUT2D eigenvalue weighted by molar-refractivity contribution is 6.30. The van der Waals surface area contributed by atoms with Gasteiger partial charge in [-0.1, -0.05) is 30.7 Å². The average molecular weight is 198 g/mol. The van der Waals surface area contributed by atoms with Crippen molar-refractivity contribution in [3.63, 3.8) is 0 Å². The van der Waals surface area contributed by atoms with Gasteiger partial charge in [0.1, 0.15) is 0 Å². The predicted octanol–water partition coefficient (Wildman–Crippen LogP) is 2.54. The SMILES string of the molecule is CC[C@@H](NC=O)c1ccc(Cl)cc1. The summed E-state index contributed by atoms with van der Waals surface area (Å²) in [5.41, 5.74) is 1.08. The predicted molar refractivity (Wildman–Crippen MR) is 53.7 cm³/mol. The fraction of sp³-hybridized carbons (Fsp3) is 0.300. The molecule has 0 heterocycles. The van der Waals surface area contributed by atoms with E-state index < -0.39 is 0 Å². The van der Waals surface area contributed by atoms with Crippen LogP contribution in [-0.2, 0) is 4.79 Å². The first-order valence-electron chi connectivity index (χ1n) is 4.23.